The summed E-state index contributed by atoms with van der Waals surface area (Å²) in [5.74, 6) is -0.499. The van der Waals surface area contributed by atoms with Gasteiger partial charge in [0, 0.05) is 67.0 Å². The van der Waals surface area contributed by atoms with Gasteiger partial charge in [-0.05, 0) is 113 Å². The van der Waals surface area contributed by atoms with Gasteiger partial charge in [0.2, 0.25) is 11.8 Å². The van der Waals surface area contributed by atoms with Gasteiger partial charge >= 0.3 is 6.09 Å². The van der Waals surface area contributed by atoms with Gasteiger partial charge in [0.1, 0.15) is 11.9 Å². The molecule has 1 spiro atoms. The quantitative estimate of drug-likeness (QED) is 0.158. The first-order valence-corrected chi connectivity index (χ1v) is 17.9. The Kier molecular flexibility index (Phi) is 11.5. The summed E-state index contributed by atoms with van der Waals surface area (Å²) in [5, 5.41) is 10.2. The molecule has 2 aliphatic heterocycles. The third kappa shape index (κ3) is 8.97. The van der Waals surface area contributed by atoms with Crippen molar-refractivity contribution in [2.45, 2.75) is 96.9 Å². The van der Waals surface area contributed by atoms with Gasteiger partial charge in [-0.15, -0.1) is 0 Å². The topological polar surface area (TPSA) is 153 Å². The van der Waals surface area contributed by atoms with Crippen molar-refractivity contribution in [2.75, 3.05) is 37.8 Å². The van der Waals surface area contributed by atoms with Crippen LogP contribution in [-0.2, 0) is 27.3 Å². The number of aromatic nitrogens is 1. The van der Waals surface area contributed by atoms with E-state index < -0.39 is 5.60 Å². The molecule has 3 amide bonds. The number of carbonyl (C=O) groups excluding carboxylic acids is 5. The van der Waals surface area contributed by atoms with E-state index >= 15 is 0 Å². The number of H-pyrrole nitrogens is 1. The van der Waals surface area contributed by atoms with Crippen LogP contribution in [0.2, 0.25) is 0 Å². The molecule has 3 aliphatic rings. The Morgan fingerprint density at radius 1 is 1.06 bits per heavy atom. The number of nitrogens with one attached hydrogen (secondary N) is 4. The summed E-state index contributed by atoms with van der Waals surface area (Å²) >= 11 is 0. The highest BCUT2D eigenvalue weighted by atomic mass is 16.6. The number of amides is 3. The number of aryl methyl sites for hydroxylation is 1. The summed E-state index contributed by atoms with van der Waals surface area (Å²) in [6.07, 6.45) is 7.58. The number of fused-ring (bicyclic) bond motifs is 1. The molecule has 0 bridgehead atoms. The lowest BCUT2D eigenvalue weighted by Gasteiger charge is -2.52. The molecule has 12 heteroatoms. The number of piperidine rings is 2. The summed E-state index contributed by atoms with van der Waals surface area (Å²) in [5.41, 5.74) is 6.16. The zero-order valence-corrected chi connectivity index (χ0v) is 30.7. The van der Waals surface area contributed by atoms with E-state index in [1.165, 1.54) is 0 Å². The van der Waals surface area contributed by atoms with Crippen molar-refractivity contribution < 1.29 is 28.7 Å². The Bertz CT molecular complexity index is 1760. The molecule has 2 aromatic carbocycles. The highest BCUT2D eigenvalue weighted by molar-refractivity contribution is 6.00. The Labute approximate surface area is 300 Å². The summed E-state index contributed by atoms with van der Waals surface area (Å²) in [4.78, 5) is 64.7. The lowest BCUT2D eigenvalue weighted by molar-refractivity contribution is -0.137. The molecule has 2 saturated heterocycles. The standard InChI is InChI=1S/C24H33N3O3.C15H19N3O3/c1-5-18-19-7-6-16(12-20(19)26-21(18)15-28)25-17-13-24(14-17)8-10-27(11-9-24)22(29)30-23(2,3)4;1-16-12-4-3-10(9-19)11(7-12)8-18(2)13-5-6-14(20)17-15(13)21/h6-7,12,15,17,25-26H,5,8-11,13-14H2,1-4H3;3-4,7,9,13,16H,5-6,8H2,1-2H3,(H,17,20,21). The Hall–Kier alpha value is -4.71. The number of imide groups is 1. The van der Waals surface area contributed by atoms with Crippen molar-refractivity contribution in [1.29, 1.82) is 0 Å². The first-order valence-electron chi connectivity index (χ1n) is 17.9. The average molecular weight is 701 g/mol. The fourth-order valence-electron chi connectivity index (χ4n) is 7.56. The SMILES string of the molecule is CCc1c(C=O)[nH]c2cc(NC3CC4(CCN(C(=O)OC(C)(C)C)CC4)C3)ccc12.CNc1ccc(C=O)c(CN(C)C2CCC(=O)NC2=O)c1. The van der Waals surface area contributed by atoms with Gasteiger partial charge in [-0.25, -0.2) is 4.79 Å². The molecule has 3 aromatic rings. The van der Waals surface area contributed by atoms with Crippen molar-refractivity contribution in [3.05, 3.63) is 58.8 Å². The van der Waals surface area contributed by atoms with Crippen molar-refractivity contribution in [3.63, 3.8) is 0 Å². The van der Waals surface area contributed by atoms with E-state index in [0.717, 1.165) is 91.2 Å². The number of likely N-dealkylation sites (tertiary alicyclic amines) is 1. The molecule has 12 nitrogen and oxygen atoms in total. The monoisotopic (exact) mass is 700 g/mol. The van der Waals surface area contributed by atoms with Gasteiger partial charge in [-0.1, -0.05) is 13.0 Å². The molecular weight excluding hydrogens is 648 g/mol. The third-order valence-corrected chi connectivity index (χ3v) is 10.3. The van der Waals surface area contributed by atoms with Crippen LogP contribution in [0.1, 0.15) is 98.2 Å². The highest BCUT2D eigenvalue weighted by Crippen LogP contribution is 2.50. The highest BCUT2D eigenvalue weighted by Gasteiger charge is 2.46. The second-order valence-corrected chi connectivity index (χ2v) is 15.1. The van der Waals surface area contributed by atoms with Crippen molar-refractivity contribution in [2.24, 2.45) is 5.41 Å². The third-order valence-electron chi connectivity index (χ3n) is 10.3. The number of hydrogen-bond donors (Lipinski definition) is 4. The van der Waals surface area contributed by atoms with Gasteiger partial charge in [-0.2, -0.15) is 0 Å². The molecule has 1 aliphatic carbocycles. The van der Waals surface area contributed by atoms with Crippen LogP contribution in [0, 0.1) is 5.41 Å². The minimum atomic E-state index is -0.442. The van der Waals surface area contributed by atoms with E-state index in [4.69, 9.17) is 4.74 Å². The summed E-state index contributed by atoms with van der Waals surface area (Å²) in [7, 11) is 3.63. The zero-order valence-electron chi connectivity index (χ0n) is 30.7. The van der Waals surface area contributed by atoms with Crippen molar-refractivity contribution >= 4 is 52.8 Å². The van der Waals surface area contributed by atoms with Crippen LogP contribution >= 0.6 is 0 Å². The number of aldehydes is 2. The van der Waals surface area contributed by atoms with Crippen LogP contribution in [-0.4, -0.2) is 90.1 Å². The van der Waals surface area contributed by atoms with Crippen LogP contribution in [0.5, 0.6) is 0 Å². The maximum atomic E-state index is 12.3. The minimum Gasteiger partial charge on any atom is -0.444 e. The lowest BCUT2D eigenvalue weighted by atomic mass is 9.60. The molecule has 6 rings (SSSR count). The number of nitrogens with zero attached hydrogens (tertiary/aromatic N) is 2. The van der Waals surface area contributed by atoms with E-state index in [-0.39, 0.29) is 23.9 Å². The van der Waals surface area contributed by atoms with E-state index in [1.54, 1.807) is 6.07 Å². The molecular formula is C39H52N6O6. The number of ether oxygens (including phenoxy) is 1. The molecule has 3 heterocycles. The van der Waals surface area contributed by atoms with Crippen LogP contribution in [0.4, 0.5) is 16.2 Å². The molecule has 51 heavy (non-hydrogen) atoms. The van der Waals surface area contributed by atoms with Gasteiger partial charge < -0.3 is 25.3 Å². The minimum absolute atomic E-state index is 0.188. The van der Waals surface area contributed by atoms with Gasteiger partial charge in [0.15, 0.2) is 6.29 Å². The molecule has 1 aromatic heterocycles. The van der Waals surface area contributed by atoms with Crippen LogP contribution in [0.15, 0.2) is 36.4 Å². The fraction of sp³-hybridized carbons (Fsp3) is 0.513. The number of anilines is 2. The molecule has 274 valence electrons. The molecule has 1 saturated carbocycles. The number of carbonyl (C=O) groups is 5. The normalized spacial score (nSPS) is 18.8. The second kappa shape index (κ2) is 15.7. The maximum absolute atomic E-state index is 12.3. The lowest BCUT2D eigenvalue weighted by Crippen LogP contribution is -2.53. The first-order chi connectivity index (χ1) is 24.3. The maximum Gasteiger partial charge on any atom is 0.410 e. The Morgan fingerprint density at radius 2 is 1.76 bits per heavy atom. The van der Waals surface area contributed by atoms with E-state index in [9.17, 15) is 24.0 Å². The Morgan fingerprint density at radius 3 is 2.37 bits per heavy atom. The van der Waals surface area contributed by atoms with Crippen molar-refractivity contribution in [3.8, 4) is 0 Å². The van der Waals surface area contributed by atoms with Crippen molar-refractivity contribution in [1.82, 2.24) is 20.1 Å². The fourth-order valence-corrected chi connectivity index (χ4v) is 7.56. The number of likely N-dealkylation sites (N-methyl/N-ethyl adjacent to an activating group) is 1. The Balaban J connectivity index is 0.000000211. The molecule has 1 unspecified atom stereocenters. The van der Waals surface area contributed by atoms with Crippen LogP contribution in [0.25, 0.3) is 10.9 Å². The number of benzene rings is 2. The van der Waals surface area contributed by atoms with E-state index in [2.05, 4.69) is 46.1 Å². The van der Waals surface area contributed by atoms with E-state index in [0.29, 0.717) is 42.1 Å². The molecule has 3 fully saturated rings. The first kappa shape index (κ1) is 37.5. The van der Waals surface area contributed by atoms with Gasteiger partial charge in [0.05, 0.1) is 11.7 Å². The smallest absolute Gasteiger partial charge is 0.410 e. The molecule has 0 radical (unpaired) electrons. The molecule has 1 atom stereocenters. The molecule has 4 N–H and O–H groups in total. The van der Waals surface area contributed by atoms with Gasteiger partial charge in [-0.3, -0.25) is 29.4 Å². The predicted molar refractivity (Wildman–Crippen MR) is 198 cm³/mol. The summed E-state index contributed by atoms with van der Waals surface area (Å²) < 4.78 is 5.51. The number of rotatable bonds is 9. The van der Waals surface area contributed by atoms with E-state index in [1.807, 2.05) is 56.8 Å². The predicted octanol–water partition coefficient (Wildman–Crippen LogP) is 5.91. The summed E-state index contributed by atoms with van der Waals surface area (Å²) in [6, 6.07) is 11.9. The number of aromatic amines is 1. The van der Waals surface area contributed by atoms with Crippen LogP contribution in [0.3, 0.4) is 0 Å². The largest absolute Gasteiger partial charge is 0.444 e. The number of hydrogen-bond acceptors (Lipinski definition) is 9. The van der Waals surface area contributed by atoms with Gasteiger partial charge in [0.25, 0.3) is 0 Å². The summed E-state index contributed by atoms with van der Waals surface area (Å²) in [6.45, 7) is 9.83. The average Bonchev–Trinajstić information content (AvgIpc) is 3.44. The van der Waals surface area contributed by atoms with Crippen LogP contribution < -0.4 is 16.0 Å². The second-order valence-electron chi connectivity index (χ2n) is 15.1. The zero-order chi connectivity index (χ0) is 36.9.